The van der Waals surface area contributed by atoms with E-state index in [9.17, 15) is 4.79 Å². The lowest BCUT2D eigenvalue weighted by molar-refractivity contribution is -0.119. The van der Waals surface area contributed by atoms with Crippen LogP contribution in [-0.4, -0.2) is 13.0 Å². The summed E-state index contributed by atoms with van der Waals surface area (Å²) in [6, 6.07) is 0. The predicted octanol–water partition coefficient (Wildman–Crippen LogP) is 3.85. The Bertz CT molecular complexity index is 462. The van der Waals surface area contributed by atoms with Crippen molar-refractivity contribution in [2.45, 2.75) is 33.1 Å². The number of carbonyl (C=O) groups is 1. The van der Waals surface area contributed by atoms with E-state index in [0.717, 1.165) is 12.8 Å². The molecule has 0 heterocycles. The standard InChI is InChI=1S/C17H23NO/c1-4-7-15(10-6-11-17(19)18-3)16-9-5-8-14(2)12-13-16/h5-7,9-10,12-13H,4,8,11H2,1-3H3,(H,18,19)/b10-6-,15-7+. The molecule has 0 radical (unpaired) electrons. The highest BCUT2D eigenvalue weighted by atomic mass is 16.1. The van der Waals surface area contributed by atoms with Crippen LogP contribution in [0.3, 0.4) is 0 Å². The van der Waals surface area contributed by atoms with Gasteiger partial charge >= 0.3 is 0 Å². The van der Waals surface area contributed by atoms with Crippen molar-refractivity contribution in [3.63, 3.8) is 0 Å². The van der Waals surface area contributed by atoms with E-state index in [0.29, 0.717) is 6.42 Å². The molecule has 0 fully saturated rings. The topological polar surface area (TPSA) is 29.1 Å². The average molecular weight is 257 g/mol. The highest BCUT2D eigenvalue weighted by Gasteiger charge is 2.01. The van der Waals surface area contributed by atoms with Gasteiger partial charge in [-0.2, -0.15) is 0 Å². The summed E-state index contributed by atoms with van der Waals surface area (Å²) in [5.74, 6) is 0.0354. The maximum Gasteiger partial charge on any atom is 0.223 e. The van der Waals surface area contributed by atoms with Gasteiger partial charge in [0.15, 0.2) is 0 Å². The molecular weight excluding hydrogens is 234 g/mol. The monoisotopic (exact) mass is 257 g/mol. The number of rotatable bonds is 5. The molecule has 0 aromatic carbocycles. The second-order valence-electron chi connectivity index (χ2n) is 4.59. The van der Waals surface area contributed by atoms with Crippen LogP contribution in [0.5, 0.6) is 0 Å². The van der Waals surface area contributed by atoms with Crippen molar-refractivity contribution in [1.29, 1.82) is 0 Å². The summed E-state index contributed by atoms with van der Waals surface area (Å²) in [6.07, 6.45) is 17.2. The minimum Gasteiger partial charge on any atom is -0.359 e. The molecule has 0 spiro atoms. The van der Waals surface area contributed by atoms with Crippen LogP contribution in [0.2, 0.25) is 0 Å². The normalized spacial score (nSPS) is 16.1. The van der Waals surface area contributed by atoms with E-state index < -0.39 is 0 Å². The lowest BCUT2D eigenvalue weighted by atomic mass is 10.0. The fourth-order valence-corrected chi connectivity index (χ4v) is 1.82. The molecule has 102 valence electrons. The first-order valence-corrected chi connectivity index (χ1v) is 6.79. The number of hydrogen-bond donors (Lipinski definition) is 1. The summed E-state index contributed by atoms with van der Waals surface area (Å²) in [7, 11) is 1.66. The van der Waals surface area contributed by atoms with E-state index in [1.807, 2.05) is 12.2 Å². The molecule has 0 aliphatic heterocycles. The molecule has 0 aromatic heterocycles. The summed E-state index contributed by atoms with van der Waals surface area (Å²) >= 11 is 0. The second kappa shape index (κ2) is 8.30. The molecule has 0 unspecified atom stereocenters. The number of carbonyl (C=O) groups excluding carboxylic acids is 1. The van der Waals surface area contributed by atoms with Gasteiger partial charge in [-0.05, 0) is 30.9 Å². The Hall–Kier alpha value is -1.83. The Morgan fingerprint density at radius 2 is 2.21 bits per heavy atom. The molecule has 0 atom stereocenters. The van der Waals surface area contributed by atoms with E-state index in [4.69, 9.17) is 0 Å². The third kappa shape index (κ3) is 5.56. The Balaban J connectivity index is 2.84. The SMILES string of the molecule is CC/C=C(\C=C/CC(=O)NC)C1=CC=C(C)CC=C1. The van der Waals surface area contributed by atoms with Gasteiger partial charge in [-0.1, -0.05) is 55.0 Å². The van der Waals surface area contributed by atoms with Crippen LogP contribution in [0.25, 0.3) is 0 Å². The van der Waals surface area contributed by atoms with Gasteiger partial charge in [0.2, 0.25) is 5.91 Å². The van der Waals surface area contributed by atoms with Crippen molar-refractivity contribution in [2.75, 3.05) is 7.05 Å². The lowest BCUT2D eigenvalue weighted by Crippen LogP contribution is -2.15. The molecule has 19 heavy (non-hydrogen) atoms. The van der Waals surface area contributed by atoms with Crippen molar-refractivity contribution in [3.05, 3.63) is 59.3 Å². The molecule has 1 aliphatic carbocycles. The maximum absolute atomic E-state index is 11.2. The Morgan fingerprint density at radius 3 is 2.89 bits per heavy atom. The van der Waals surface area contributed by atoms with Gasteiger partial charge in [0.05, 0.1) is 0 Å². The van der Waals surface area contributed by atoms with Crippen molar-refractivity contribution in [3.8, 4) is 0 Å². The van der Waals surface area contributed by atoms with Crippen LogP contribution in [0.4, 0.5) is 0 Å². The molecule has 2 nitrogen and oxygen atoms in total. The highest BCUT2D eigenvalue weighted by molar-refractivity contribution is 5.77. The van der Waals surface area contributed by atoms with Crippen molar-refractivity contribution < 1.29 is 4.79 Å². The molecule has 2 heteroatoms. The van der Waals surface area contributed by atoms with E-state index in [2.05, 4.69) is 49.5 Å². The molecule has 0 aromatic rings. The minimum atomic E-state index is 0.0354. The van der Waals surface area contributed by atoms with Gasteiger partial charge in [0, 0.05) is 13.5 Å². The van der Waals surface area contributed by atoms with Crippen molar-refractivity contribution >= 4 is 5.91 Å². The quantitative estimate of drug-likeness (QED) is 0.745. The van der Waals surface area contributed by atoms with Crippen LogP contribution in [0, 0.1) is 0 Å². The van der Waals surface area contributed by atoms with Gasteiger partial charge in [-0.25, -0.2) is 0 Å². The first-order chi connectivity index (χ1) is 9.17. The number of amides is 1. The molecule has 0 saturated carbocycles. The molecule has 0 bridgehead atoms. The molecule has 0 saturated heterocycles. The maximum atomic E-state index is 11.2. The first-order valence-electron chi connectivity index (χ1n) is 6.79. The molecular formula is C17H23NO. The summed E-state index contributed by atoms with van der Waals surface area (Å²) in [5, 5.41) is 2.62. The fourth-order valence-electron chi connectivity index (χ4n) is 1.82. The van der Waals surface area contributed by atoms with Crippen LogP contribution < -0.4 is 5.32 Å². The molecule has 1 rings (SSSR count). The third-order valence-corrected chi connectivity index (χ3v) is 2.92. The smallest absolute Gasteiger partial charge is 0.223 e. The number of nitrogens with one attached hydrogen (secondary N) is 1. The zero-order valence-electron chi connectivity index (χ0n) is 12.1. The van der Waals surface area contributed by atoms with Crippen LogP contribution in [-0.2, 0) is 4.79 Å². The largest absolute Gasteiger partial charge is 0.359 e. The third-order valence-electron chi connectivity index (χ3n) is 2.92. The van der Waals surface area contributed by atoms with E-state index in [-0.39, 0.29) is 5.91 Å². The Labute approximate surface area is 116 Å². The zero-order chi connectivity index (χ0) is 14.1. The van der Waals surface area contributed by atoms with Gasteiger partial charge in [-0.15, -0.1) is 0 Å². The first kappa shape index (κ1) is 15.2. The fraction of sp³-hybridized carbons (Fsp3) is 0.353. The number of allylic oxidation sites excluding steroid dienone is 9. The summed E-state index contributed by atoms with van der Waals surface area (Å²) in [5.41, 5.74) is 3.73. The highest BCUT2D eigenvalue weighted by Crippen LogP contribution is 2.19. The second-order valence-corrected chi connectivity index (χ2v) is 4.59. The Kier molecular flexibility index (Phi) is 6.65. The van der Waals surface area contributed by atoms with Gasteiger partial charge in [0.1, 0.15) is 0 Å². The van der Waals surface area contributed by atoms with Gasteiger partial charge < -0.3 is 5.32 Å². The number of hydrogen-bond acceptors (Lipinski definition) is 1. The van der Waals surface area contributed by atoms with E-state index in [1.54, 1.807) is 7.05 Å². The van der Waals surface area contributed by atoms with Gasteiger partial charge in [-0.3, -0.25) is 4.79 Å². The molecule has 1 N–H and O–H groups in total. The predicted molar refractivity (Wildman–Crippen MR) is 81.8 cm³/mol. The minimum absolute atomic E-state index is 0.0354. The summed E-state index contributed by atoms with van der Waals surface area (Å²) < 4.78 is 0. The van der Waals surface area contributed by atoms with E-state index >= 15 is 0 Å². The molecule has 1 amide bonds. The van der Waals surface area contributed by atoms with Crippen LogP contribution >= 0.6 is 0 Å². The van der Waals surface area contributed by atoms with Crippen LogP contribution in [0.1, 0.15) is 33.1 Å². The van der Waals surface area contributed by atoms with Gasteiger partial charge in [0.25, 0.3) is 0 Å². The summed E-state index contributed by atoms with van der Waals surface area (Å²) in [6.45, 7) is 4.25. The van der Waals surface area contributed by atoms with E-state index in [1.165, 1.54) is 16.7 Å². The Morgan fingerprint density at radius 1 is 1.42 bits per heavy atom. The average Bonchev–Trinajstić information content (AvgIpc) is 2.62. The lowest BCUT2D eigenvalue weighted by Gasteiger charge is -2.03. The summed E-state index contributed by atoms with van der Waals surface area (Å²) in [4.78, 5) is 11.2. The molecule has 1 aliphatic rings. The van der Waals surface area contributed by atoms with Crippen molar-refractivity contribution in [2.24, 2.45) is 0 Å². The van der Waals surface area contributed by atoms with Crippen LogP contribution in [0.15, 0.2) is 59.3 Å². The zero-order valence-corrected chi connectivity index (χ0v) is 12.1. The van der Waals surface area contributed by atoms with Crippen molar-refractivity contribution in [1.82, 2.24) is 5.32 Å².